The van der Waals surface area contributed by atoms with Crippen molar-refractivity contribution in [3.05, 3.63) is 27.9 Å². The van der Waals surface area contributed by atoms with E-state index in [2.05, 4.69) is 4.98 Å². The second kappa shape index (κ2) is 4.69. The first-order chi connectivity index (χ1) is 8.15. The molecule has 1 aliphatic heterocycles. The van der Waals surface area contributed by atoms with Gasteiger partial charge in [-0.1, -0.05) is 0 Å². The van der Waals surface area contributed by atoms with Gasteiger partial charge in [-0.05, 0) is 26.7 Å². The highest BCUT2D eigenvalue weighted by Crippen LogP contribution is 2.20. The number of fused-ring (bicyclic) bond motifs is 1. The second-order valence-corrected chi connectivity index (χ2v) is 4.22. The third kappa shape index (κ3) is 2.09. The van der Waals surface area contributed by atoms with Gasteiger partial charge in [0.25, 0.3) is 5.56 Å². The molecule has 0 saturated carbocycles. The lowest BCUT2D eigenvalue weighted by molar-refractivity contribution is 0.0522. The molecule has 1 aromatic heterocycles. The average molecular weight is 236 g/mol. The Morgan fingerprint density at radius 1 is 1.65 bits per heavy atom. The molecule has 0 radical (unpaired) electrons. The Morgan fingerprint density at radius 2 is 2.41 bits per heavy atom. The summed E-state index contributed by atoms with van der Waals surface area (Å²) in [6, 6.07) is 0.105. The van der Waals surface area contributed by atoms with E-state index in [9.17, 15) is 9.59 Å². The van der Waals surface area contributed by atoms with Gasteiger partial charge in [-0.2, -0.15) is 0 Å². The molecule has 0 fully saturated rings. The first kappa shape index (κ1) is 11.8. The topological polar surface area (TPSA) is 61.2 Å². The number of esters is 1. The number of rotatable bonds is 2. The van der Waals surface area contributed by atoms with Gasteiger partial charge in [0.05, 0.1) is 6.61 Å². The zero-order valence-corrected chi connectivity index (χ0v) is 10.1. The summed E-state index contributed by atoms with van der Waals surface area (Å²) in [7, 11) is 0. The van der Waals surface area contributed by atoms with E-state index < -0.39 is 5.97 Å². The molecule has 0 aromatic carbocycles. The van der Waals surface area contributed by atoms with Gasteiger partial charge in [-0.25, -0.2) is 9.78 Å². The first-order valence-electron chi connectivity index (χ1n) is 5.92. The minimum Gasteiger partial charge on any atom is -0.462 e. The number of carbonyl (C=O) groups excluding carboxylic acids is 1. The van der Waals surface area contributed by atoms with Crippen molar-refractivity contribution in [2.75, 3.05) is 6.61 Å². The molecule has 1 aliphatic rings. The molecule has 2 rings (SSSR count). The van der Waals surface area contributed by atoms with Crippen molar-refractivity contribution in [2.24, 2.45) is 0 Å². The summed E-state index contributed by atoms with van der Waals surface area (Å²) in [5, 5.41) is 0. The van der Waals surface area contributed by atoms with E-state index in [-0.39, 0.29) is 23.8 Å². The Bertz CT molecular complexity index is 493. The van der Waals surface area contributed by atoms with E-state index in [4.69, 9.17) is 4.74 Å². The van der Waals surface area contributed by atoms with E-state index in [0.717, 1.165) is 25.1 Å². The Labute approximate surface area is 99.4 Å². The van der Waals surface area contributed by atoms with Gasteiger partial charge in [-0.15, -0.1) is 0 Å². The van der Waals surface area contributed by atoms with Gasteiger partial charge >= 0.3 is 5.97 Å². The normalized spacial score (nSPS) is 18.6. The maximum absolute atomic E-state index is 12.2. The number of aromatic nitrogens is 2. The molecule has 0 bridgehead atoms. The molecule has 0 spiro atoms. The highest BCUT2D eigenvalue weighted by Gasteiger charge is 2.22. The maximum Gasteiger partial charge on any atom is 0.345 e. The van der Waals surface area contributed by atoms with E-state index in [1.54, 1.807) is 11.5 Å². The van der Waals surface area contributed by atoms with Gasteiger partial charge in [-0.3, -0.25) is 9.36 Å². The minimum absolute atomic E-state index is 0.0318. The summed E-state index contributed by atoms with van der Waals surface area (Å²) in [6.07, 6.45) is 4.11. The number of hydrogen-bond acceptors (Lipinski definition) is 4. The van der Waals surface area contributed by atoms with Gasteiger partial charge in [0.1, 0.15) is 11.4 Å². The fourth-order valence-electron chi connectivity index (χ4n) is 2.18. The zero-order chi connectivity index (χ0) is 12.4. The molecule has 1 aromatic rings. The molecule has 0 aliphatic carbocycles. The van der Waals surface area contributed by atoms with Crippen LogP contribution in [0.25, 0.3) is 0 Å². The van der Waals surface area contributed by atoms with Crippen molar-refractivity contribution in [1.29, 1.82) is 0 Å². The molecular weight excluding hydrogens is 220 g/mol. The third-order valence-electron chi connectivity index (χ3n) is 3.03. The summed E-state index contributed by atoms with van der Waals surface area (Å²) in [5.41, 5.74) is -0.245. The largest absolute Gasteiger partial charge is 0.462 e. The first-order valence-corrected chi connectivity index (χ1v) is 5.92. The maximum atomic E-state index is 12.2. The van der Waals surface area contributed by atoms with Gasteiger partial charge in [0.15, 0.2) is 0 Å². The standard InChI is InChI=1S/C12H16N2O3/c1-3-17-12(16)9-7-13-10-6-4-5-8(2)14(10)11(9)15/h7-8H,3-6H2,1-2H3/t8-/m0/s1. The van der Waals surface area contributed by atoms with E-state index >= 15 is 0 Å². The van der Waals surface area contributed by atoms with Gasteiger partial charge in [0, 0.05) is 18.7 Å². The summed E-state index contributed by atoms with van der Waals surface area (Å²) >= 11 is 0. The molecule has 17 heavy (non-hydrogen) atoms. The monoisotopic (exact) mass is 236 g/mol. The predicted molar refractivity (Wildman–Crippen MR) is 62.1 cm³/mol. The molecule has 5 nitrogen and oxygen atoms in total. The van der Waals surface area contributed by atoms with Crippen molar-refractivity contribution < 1.29 is 9.53 Å². The Kier molecular flexibility index (Phi) is 3.26. The smallest absolute Gasteiger partial charge is 0.345 e. The van der Waals surface area contributed by atoms with Crippen LogP contribution in [0.15, 0.2) is 11.0 Å². The van der Waals surface area contributed by atoms with Crippen molar-refractivity contribution in [3.8, 4) is 0 Å². The molecule has 92 valence electrons. The van der Waals surface area contributed by atoms with Crippen molar-refractivity contribution in [3.63, 3.8) is 0 Å². The number of carbonyl (C=O) groups is 1. The van der Waals surface area contributed by atoms with Crippen molar-refractivity contribution >= 4 is 5.97 Å². The molecule has 0 N–H and O–H groups in total. The summed E-state index contributed by atoms with van der Waals surface area (Å²) in [6.45, 7) is 3.94. The average Bonchev–Trinajstić information content (AvgIpc) is 2.29. The minimum atomic E-state index is -0.585. The predicted octanol–water partition coefficient (Wildman–Crippen LogP) is 1.32. The molecule has 1 atom stereocenters. The van der Waals surface area contributed by atoms with E-state index in [1.165, 1.54) is 6.20 Å². The summed E-state index contributed by atoms with van der Waals surface area (Å²) in [5.74, 6) is 0.180. The Balaban J connectivity index is 2.48. The number of ether oxygens (including phenoxy) is 1. The number of aryl methyl sites for hydroxylation is 1. The van der Waals surface area contributed by atoms with Crippen LogP contribution in [-0.4, -0.2) is 22.1 Å². The van der Waals surface area contributed by atoms with Crippen LogP contribution in [-0.2, 0) is 11.2 Å². The van der Waals surface area contributed by atoms with Crippen molar-refractivity contribution in [2.45, 2.75) is 39.2 Å². The highest BCUT2D eigenvalue weighted by atomic mass is 16.5. The lowest BCUT2D eigenvalue weighted by atomic mass is 10.1. The third-order valence-corrected chi connectivity index (χ3v) is 3.03. The van der Waals surface area contributed by atoms with Crippen LogP contribution in [0.3, 0.4) is 0 Å². The van der Waals surface area contributed by atoms with Crippen LogP contribution in [0, 0.1) is 0 Å². The number of hydrogen-bond donors (Lipinski definition) is 0. The van der Waals surface area contributed by atoms with Crippen molar-refractivity contribution in [1.82, 2.24) is 9.55 Å². The summed E-state index contributed by atoms with van der Waals surface area (Å²) < 4.78 is 6.46. The van der Waals surface area contributed by atoms with Crippen LogP contribution in [0.2, 0.25) is 0 Å². The quantitative estimate of drug-likeness (QED) is 0.726. The van der Waals surface area contributed by atoms with Crippen LogP contribution < -0.4 is 5.56 Å². The fraction of sp³-hybridized carbons (Fsp3) is 0.583. The molecule has 0 amide bonds. The zero-order valence-electron chi connectivity index (χ0n) is 10.1. The molecule has 0 saturated heterocycles. The summed E-state index contributed by atoms with van der Waals surface area (Å²) in [4.78, 5) is 27.9. The van der Waals surface area contributed by atoms with E-state index in [1.807, 2.05) is 6.92 Å². The van der Waals surface area contributed by atoms with Gasteiger partial charge < -0.3 is 4.74 Å². The molecule has 0 unspecified atom stereocenters. The molecular formula is C12H16N2O3. The van der Waals surface area contributed by atoms with E-state index in [0.29, 0.717) is 0 Å². The fourth-order valence-corrected chi connectivity index (χ4v) is 2.18. The van der Waals surface area contributed by atoms with Crippen LogP contribution in [0.1, 0.15) is 48.9 Å². The molecule has 2 heterocycles. The Hall–Kier alpha value is -1.65. The lowest BCUT2D eigenvalue weighted by Gasteiger charge is -2.24. The van der Waals surface area contributed by atoms with Gasteiger partial charge in [0.2, 0.25) is 0 Å². The highest BCUT2D eigenvalue weighted by molar-refractivity contribution is 5.88. The number of nitrogens with zero attached hydrogens (tertiary/aromatic N) is 2. The van der Waals surface area contributed by atoms with Crippen LogP contribution in [0.4, 0.5) is 0 Å². The Morgan fingerprint density at radius 3 is 3.12 bits per heavy atom. The molecule has 5 heteroatoms. The SMILES string of the molecule is CCOC(=O)c1cnc2n(c1=O)[C@@H](C)CCC2. The van der Waals surface area contributed by atoms with Crippen LogP contribution >= 0.6 is 0 Å². The lowest BCUT2D eigenvalue weighted by Crippen LogP contribution is -2.34. The van der Waals surface area contributed by atoms with Crippen LogP contribution in [0.5, 0.6) is 0 Å². The second-order valence-electron chi connectivity index (χ2n) is 4.22.